The average molecular weight is 288 g/mol. The highest BCUT2D eigenvalue weighted by atomic mass is 16.2. The summed E-state index contributed by atoms with van der Waals surface area (Å²) in [5, 5.41) is 12.1. The molecule has 0 bridgehead atoms. The van der Waals surface area contributed by atoms with Gasteiger partial charge in [0.15, 0.2) is 6.54 Å². The summed E-state index contributed by atoms with van der Waals surface area (Å²) in [7, 11) is 0. The number of hydrogen-bond acceptors (Lipinski definition) is 2. The van der Waals surface area contributed by atoms with Crippen LogP contribution >= 0.6 is 0 Å². The second kappa shape index (κ2) is 7.80. The molecule has 1 amide bonds. The van der Waals surface area contributed by atoms with Gasteiger partial charge in [0.05, 0.1) is 12.6 Å². The number of rotatable bonds is 7. The Balaban J connectivity index is 2.61. The molecule has 0 spiro atoms. The van der Waals surface area contributed by atoms with Crippen LogP contribution in [0.2, 0.25) is 0 Å². The van der Waals surface area contributed by atoms with E-state index in [2.05, 4.69) is 30.4 Å². The minimum absolute atomic E-state index is 0.0690. The second-order valence-corrected chi connectivity index (χ2v) is 5.96. The van der Waals surface area contributed by atoms with Crippen molar-refractivity contribution in [3.63, 3.8) is 0 Å². The summed E-state index contributed by atoms with van der Waals surface area (Å²) in [6.07, 6.45) is 0. The van der Waals surface area contributed by atoms with Crippen LogP contribution in [-0.2, 0) is 11.3 Å². The van der Waals surface area contributed by atoms with E-state index in [9.17, 15) is 10.1 Å². The highest BCUT2D eigenvalue weighted by Crippen LogP contribution is 2.14. The molecule has 114 valence electrons. The van der Waals surface area contributed by atoms with Gasteiger partial charge in [-0.1, -0.05) is 44.2 Å². The number of carbonyl (C=O) groups excluding carboxylic acids is 1. The molecule has 4 heteroatoms. The molecule has 0 aliphatic carbocycles. The summed E-state index contributed by atoms with van der Waals surface area (Å²) in [6.45, 7) is 9.80. The van der Waals surface area contributed by atoms with E-state index in [1.807, 2.05) is 32.0 Å². The Morgan fingerprint density at radius 3 is 2.48 bits per heavy atom. The van der Waals surface area contributed by atoms with Crippen LogP contribution in [0.25, 0.3) is 0 Å². The zero-order valence-corrected chi connectivity index (χ0v) is 13.4. The van der Waals surface area contributed by atoms with E-state index in [0.717, 1.165) is 13.1 Å². The zero-order valence-electron chi connectivity index (χ0n) is 13.4. The molecule has 0 fully saturated rings. The van der Waals surface area contributed by atoms with Gasteiger partial charge < -0.3 is 10.2 Å². The first-order valence-electron chi connectivity index (χ1n) is 7.51. The third-order valence-electron chi connectivity index (χ3n) is 3.99. The van der Waals surface area contributed by atoms with Gasteiger partial charge in [-0.25, -0.2) is 0 Å². The maximum Gasteiger partial charge on any atom is 0.276 e. The van der Waals surface area contributed by atoms with Gasteiger partial charge in [0.1, 0.15) is 12.1 Å². The van der Waals surface area contributed by atoms with Crippen LogP contribution in [0, 0.1) is 17.2 Å². The Kier molecular flexibility index (Phi) is 6.39. The van der Waals surface area contributed by atoms with E-state index in [1.54, 1.807) is 6.92 Å². The van der Waals surface area contributed by atoms with Gasteiger partial charge in [-0.15, -0.1) is 0 Å². The number of carbonyl (C=O) groups is 1. The Morgan fingerprint density at radius 1 is 1.38 bits per heavy atom. The SMILES string of the molecule is CC[NH+](CC(=O)N[C@](C)(C#N)C(C)C)Cc1ccccc1. The maximum absolute atomic E-state index is 12.2. The van der Waals surface area contributed by atoms with Gasteiger partial charge in [-0.3, -0.25) is 4.79 Å². The summed E-state index contributed by atoms with van der Waals surface area (Å²) >= 11 is 0. The molecule has 4 nitrogen and oxygen atoms in total. The molecule has 1 aromatic carbocycles. The Labute approximate surface area is 127 Å². The molecule has 21 heavy (non-hydrogen) atoms. The van der Waals surface area contributed by atoms with Gasteiger partial charge in [0.25, 0.3) is 5.91 Å². The minimum atomic E-state index is -0.803. The van der Waals surface area contributed by atoms with E-state index in [4.69, 9.17) is 0 Å². The van der Waals surface area contributed by atoms with Gasteiger partial charge in [-0.05, 0) is 19.8 Å². The van der Waals surface area contributed by atoms with E-state index >= 15 is 0 Å². The number of nitrogens with one attached hydrogen (secondary N) is 2. The molecule has 0 aromatic heterocycles. The number of benzene rings is 1. The topological polar surface area (TPSA) is 57.3 Å². The molecule has 0 aliphatic rings. The Hall–Kier alpha value is -1.86. The minimum Gasteiger partial charge on any atom is -0.333 e. The molecule has 0 aliphatic heterocycles. The molecule has 0 saturated carbocycles. The monoisotopic (exact) mass is 288 g/mol. The Morgan fingerprint density at radius 2 is 2.00 bits per heavy atom. The molecule has 0 radical (unpaired) electrons. The van der Waals surface area contributed by atoms with Crippen LogP contribution in [0.5, 0.6) is 0 Å². The smallest absolute Gasteiger partial charge is 0.276 e. The third-order valence-corrected chi connectivity index (χ3v) is 3.99. The van der Waals surface area contributed by atoms with Crippen LogP contribution < -0.4 is 10.2 Å². The number of hydrogen-bond donors (Lipinski definition) is 2. The lowest BCUT2D eigenvalue weighted by Crippen LogP contribution is -3.11. The van der Waals surface area contributed by atoms with Crippen molar-refractivity contribution in [1.82, 2.24) is 5.32 Å². The normalized spacial score (nSPS) is 15.0. The summed E-state index contributed by atoms with van der Waals surface area (Å²) < 4.78 is 0. The molecular formula is C17H26N3O+. The lowest BCUT2D eigenvalue weighted by Gasteiger charge is -2.28. The Bertz CT molecular complexity index is 493. The molecule has 0 saturated heterocycles. The molecule has 2 atom stereocenters. The van der Waals surface area contributed by atoms with Crippen molar-refractivity contribution in [2.75, 3.05) is 13.1 Å². The van der Waals surface area contributed by atoms with Gasteiger partial charge in [0.2, 0.25) is 0 Å². The van der Waals surface area contributed by atoms with Gasteiger partial charge in [0, 0.05) is 5.56 Å². The van der Waals surface area contributed by atoms with E-state index < -0.39 is 5.54 Å². The van der Waals surface area contributed by atoms with Crippen LogP contribution in [0.4, 0.5) is 0 Å². The fraction of sp³-hybridized carbons (Fsp3) is 0.529. The first kappa shape index (κ1) is 17.2. The van der Waals surface area contributed by atoms with Crippen molar-refractivity contribution < 1.29 is 9.69 Å². The van der Waals surface area contributed by atoms with Crippen molar-refractivity contribution in [2.24, 2.45) is 5.92 Å². The maximum atomic E-state index is 12.2. The van der Waals surface area contributed by atoms with Crippen LogP contribution in [0.1, 0.15) is 33.3 Å². The number of likely N-dealkylation sites (N-methyl/N-ethyl adjacent to an activating group) is 1. The fourth-order valence-corrected chi connectivity index (χ4v) is 2.06. The highest BCUT2D eigenvalue weighted by Gasteiger charge is 2.31. The van der Waals surface area contributed by atoms with Gasteiger partial charge in [-0.2, -0.15) is 5.26 Å². The zero-order chi connectivity index (χ0) is 15.9. The summed E-state index contributed by atoms with van der Waals surface area (Å²) in [5.41, 5.74) is 0.414. The fourth-order valence-electron chi connectivity index (χ4n) is 2.06. The third kappa shape index (κ3) is 5.20. The summed E-state index contributed by atoms with van der Waals surface area (Å²) in [6, 6.07) is 12.4. The molecule has 1 rings (SSSR count). The van der Waals surface area contributed by atoms with Crippen molar-refractivity contribution >= 4 is 5.91 Å². The summed E-state index contributed by atoms with van der Waals surface area (Å²) in [4.78, 5) is 13.4. The predicted octanol–water partition coefficient (Wildman–Crippen LogP) is 1.15. The van der Waals surface area contributed by atoms with E-state index in [-0.39, 0.29) is 11.8 Å². The quantitative estimate of drug-likeness (QED) is 0.790. The summed E-state index contributed by atoms with van der Waals surface area (Å²) in [5.74, 6) is 0.00572. The van der Waals surface area contributed by atoms with Crippen molar-refractivity contribution in [3.05, 3.63) is 35.9 Å². The van der Waals surface area contributed by atoms with Crippen LogP contribution in [0.15, 0.2) is 30.3 Å². The number of amides is 1. The number of nitrogens with zero attached hydrogens (tertiary/aromatic N) is 1. The van der Waals surface area contributed by atoms with Crippen LogP contribution in [0.3, 0.4) is 0 Å². The first-order chi connectivity index (χ1) is 9.91. The largest absolute Gasteiger partial charge is 0.333 e. The lowest BCUT2D eigenvalue weighted by atomic mass is 9.90. The van der Waals surface area contributed by atoms with E-state index in [1.165, 1.54) is 10.5 Å². The number of quaternary nitrogens is 1. The van der Waals surface area contributed by atoms with Crippen molar-refractivity contribution in [3.8, 4) is 6.07 Å². The molecular weight excluding hydrogens is 262 g/mol. The van der Waals surface area contributed by atoms with E-state index in [0.29, 0.717) is 6.54 Å². The standard InChI is InChI=1S/C17H25N3O/c1-5-20(11-15-9-7-6-8-10-15)12-16(21)19-17(4,13-18)14(2)3/h6-10,14H,5,11-12H2,1-4H3,(H,19,21)/p+1/t17-/m1/s1. The van der Waals surface area contributed by atoms with Crippen LogP contribution in [-0.4, -0.2) is 24.5 Å². The predicted molar refractivity (Wildman–Crippen MR) is 83.5 cm³/mol. The highest BCUT2D eigenvalue weighted by molar-refractivity contribution is 5.78. The van der Waals surface area contributed by atoms with Crippen molar-refractivity contribution in [1.29, 1.82) is 5.26 Å². The first-order valence-corrected chi connectivity index (χ1v) is 7.51. The second-order valence-electron chi connectivity index (χ2n) is 5.96. The van der Waals surface area contributed by atoms with Crippen molar-refractivity contribution in [2.45, 2.75) is 39.8 Å². The molecule has 2 N–H and O–H groups in total. The molecule has 0 heterocycles. The van der Waals surface area contributed by atoms with Gasteiger partial charge >= 0.3 is 0 Å². The molecule has 1 unspecified atom stereocenters. The average Bonchev–Trinajstić information content (AvgIpc) is 2.47. The molecule has 1 aromatic rings. The lowest BCUT2D eigenvalue weighted by molar-refractivity contribution is -0.904. The number of nitriles is 1.